The summed E-state index contributed by atoms with van der Waals surface area (Å²) in [7, 11) is -1.50. The van der Waals surface area contributed by atoms with Crippen molar-refractivity contribution in [2.45, 2.75) is 57.1 Å². The number of carbonyl (C=O) groups excluding carboxylic acids is 2. The lowest BCUT2D eigenvalue weighted by Gasteiger charge is -2.34. The number of aryl methyl sites for hydroxylation is 1. The van der Waals surface area contributed by atoms with E-state index in [1.807, 2.05) is 51.1 Å². The van der Waals surface area contributed by atoms with Crippen LogP contribution in [-0.4, -0.2) is 58.0 Å². The van der Waals surface area contributed by atoms with Crippen LogP contribution in [-0.2, 0) is 32.6 Å². The van der Waals surface area contributed by atoms with Crippen molar-refractivity contribution in [2.24, 2.45) is 0 Å². The first-order valence-electron chi connectivity index (χ1n) is 15.8. The second-order valence-corrected chi connectivity index (χ2v) is 14.3. The number of nitrogens with one attached hydrogen (secondary N) is 1. The van der Waals surface area contributed by atoms with E-state index < -0.39 is 28.5 Å². The molecule has 4 rings (SSSR count). The number of anilines is 1. The minimum Gasteiger partial charge on any atom is -0.497 e. The van der Waals surface area contributed by atoms with Crippen molar-refractivity contribution in [1.29, 1.82) is 0 Å². The van der Waals surface area contributed by atoms with Crippen LogP contribution in [0, 0.1) is 6.92 Å². The van der Waals surface area contributed by atoms with Crippen LogP contribution in [0.25, 0.3) is 0 Å². The van der Waals surface area contributed by atoms with E-state index in [9.17, 15) is 18.0 Å². The highest BCUT2D eigenvalue weighted by Crippen LogP contribution is 2.36. The van der Waals surface area contributed by atoms with E-state index in [1.54, 1.807) is 42.5 Å². The van der Waals surface area contributed by atoms with Gasteiger partial charge in [0.25, 0.3) is 10.0 Å². The Morgan fingerprint density at radius 3 is 2.20 bits per heavy atom. The molecule has 1 N–H and O–H groups in total. The molecule has 4 aromatic rings. The first kappa shape index (κ1) is 37.6. The van der Waals surface area contributed by atoms with Crippen LogP contribution < -0.4 is 19.1 Å². The monoisotopic (exact) mass is 725 g/mol. The largest absolute Gasteiger partial charge is 0.497 e. The normalized spacial score (nSPS) is 12.5. The van der Waals surface area contributed by atoms with Gasteiger partial charge in [0.05, 0.1) is 24.8 Å². The van der Waals surface area contributed by atoms with E-state index in [-0.39, 0.29) is 41.2 Å². The number of benzene rings is 4. The lowest BCUT2D eigenvalue weighted by Crippen LogP contribution is -2.54. The summed E-state index contributed by atoms with van der Waals surface area (Å²) in [6.45, 7) is 4.90. The second-order valence-electron chi connectivity index (χ2n) is 11.6. The molecule has 2 atom stereocenters. The van der Waals surface area contributed by atoms with Crippen molar-refractivity contribution >= 4 is 50.7 Å². The van der Waals surface area contributed by atoms with Crippen molar-refractivity contribution in [3.63, 3.8) is 0 Å². The maximum atomic E-state index is 14.8. The quantitative estimate of drug-likeness (QED) is 0.141. The summed E-state index contributed by atoms with van der Waals surface area (Å²) in [6, 6.07) is 24.0. The van der Waals surface area contributed by atoms with Crippen molar-refractivity contribution in [2.75, 3.05) is 25.1 Å². The van der Waals surface area contributed by atoms with Gasteiger partial charge in [-0.2, -0.15) is 0 Å². The summed E-state index contributed by atoms with van der Waals surface area (Å²) in [5.41, 5.74) is 2.29. The Hall–Kier alpha value is -4.25. The first-order valence-corrected chi connectivity index (χ1v) is 18.0. The number of methoxy groups -OCH3 is 2. The zero-order valence-electron chi connectivity index (χ0n) is 28.2. The van der Waals surface area contributed by atoms with Crippen LogP contribution in [0.3, 0.4) is 0 Å². The molecular formula is C37H41Cl2N3O6S. The predicted octanol–water partition coefficient (Wildman–Crippen LogP) is 7.07. The number of hydrogen-bond donors (Lipinski definition) is 1. The average Bonchev–Trinajstić information content (AvgIpc) is 3.09. The van der Waals surface area contributed by atoms with E-state index in [4.69, 9.17) is 32.7 Å². The lowest BCUT2D eigenvalue weighted by molar-refractivity contribution is -0.140. The Kier molecular flexibility index (Phi) is 13.0. The molecule has 9 nitrogen and oxygen atoms in total. The number of carbonyl (C=O) groups is 2. The van der Waals surface area contributed by atoms with E-state index in [0.29, 0.717) is 27.8 Å². The molecule has 0 aromatic heterocycles. The topological polar surface area (TPSA) is 105 Å². The molecule has 0 unspecified atom stereocenters. The number of nitrogens with zero attached hydrogens (tertiary/aromatic N) is 2. The molecular weight excluding hydrogens is 685 g/mol. The third kappa shape index (κ3) is 9.47. The molecule has 4 aromatic carbocycles. The van der Waals surface area contributed by atoms with Gasteiger partial charge in [0, 0.05) is 35.1 Å². The van der Waals surface area contributed by atoms with Gasteiger partial charge in [-0.05, 0) is 67.8 Å². The third-order valence-corrected chi connectivity index (χ3v) is 10.5. The molecule has 0 aliphatic carbocycles. The molecule has 0 bridgehead atoms. The average molecular weight is 727 g/mol. The lowest BCUT2D eigenvalue weighted by atomic mass is 10.0. The minimum atomic E-state index is -4.37. The smallest absolute Gasteiger partial charge is 0.264 e. The predicted molar refractivity (Wildman–Crippen MR) is 194 cm³/mol. The Balaban J connectivity index is 1.89. The Morgan fingerprint density at radius 2 is 1.59 bits per heavy atom. The van der Waals surface area contributed by atoms with Gasteiger partial charge in [0.15, 0.2) is 0 Å². The SMILES string of the molecule is CC[C@@H](C)NC(=O)[C@H](Cc1ccccc1)N(Cc1ccc(Cl)cc1Cl)C(=O)CN(c1cc(OC)ccc1OC)S(=O)(=O)c1ccc(C)cc1. The molecule has 0 saturated carbocycles. The third-order valence-electron chi connectivity index (χ3n) is 8.17. The zero-order chi connectivity index (χ0) is 35.7. The molecule has 0 saturated heterocycles. The molecule has 0 fully saturated rings. The van der Waals surface area contributed by atoms with Gasteiger partial charge in [0.2, 0.25) is 11.8 Å². The highest BCUT2D eigenvalue weighted by Gasteiger charge is 2.36. The van der Waals surface area contributed by atoms with Crippen LogP contribution in [0.4, 0.5) is 5.69 Å². The Bertz CT molecular complexity index is 1860. The Morgan fingerprint density at radius 1 is 0.898 bits per heavy atom. The summed E-state index contributed by atoms with van der Waals surface area (Å²) in [5, 5.41) is 3.72. The van der Waals surface area contributed by atoms with Gasteiger partial charge in [-0.25, -0.2) is 8.42 Å². The van der Waals surface area contributed by atoms with E-state index in [1.165, 1.54) is 37.3 Å². The number of amides is 2. The highest BCUT2D eigenvalue weighted by atomic mass is 35.5. The number of halogens is 2. The van der Waals surface area contributed by atoms with Gasteiger partial charge in [-0.1, -0.05) is 84.2 Å². The van der Waals surface area contributed by atoms with Gasteiger partial charge in [-0.15, -0.1) is 0 Å². The van der Waals surface area contributed by atoms with Crippen molar-refractivity contribution in [3.05, 3.63) is 118 Å². The minimum absolute atomic E-state index is 0.0292. The number of rotatable bonds is 15. The molecule has 0 heterocycles. The molecule has 12 heteroatoms. The summed E-state index contributed by atoms with van der Waals surface area (Å²) < 4.78 is 40.9. The Labute approximate surface area is 298 Å². The summed E-state index contributed by atoms with van der Waals surface area (Å²) in [5.74, 6) is -0.477. The van der Waals surface area contributed by atoms with Crippen LogP contribution in [0.15, 0.2) is 95.9 Å². The molecule has 260 valence electrons. The van der Waals surface area contributed by atoms with Crippen molar-refractivity contribution < 1.29 is 27.5 Å². The summed E-state index contributed by atoms with van der Waals surface area (Å²) in [6.07, 6.45) is 0.826. The number of hydrogen-bond acceptors (Lipinski definition) is 6. The van der Waals surface area contributed by atoms with Crippen LogP contribution in [0.2, 0.25) is 10.0 Å². The standard InChI is InChI=1S/C37H41Cl2N3O6S/c1-6-26(3)40-37(44)34(20-27-10-8-7-9-11-27)41(23-28-14-15-29(38)21-32(28)39)36(43)24-42(33-22-30(47-4)16-19-35(33)48-5)49(45,46)31-17-12-25(2)13-18-31/h7-19,21-22,26,34H,6,20,23-24H2,1-5H3,(H,40,44)/t26-,34+/m1/s1. The molecule has 0 spiro atoms. The molecule has 0 radical (unpaired) electrons. The van der Waals surface area contributed by atoms with Gasteiger partial charge >= 0.3 is 0 Å². The van der Waals surface area contributed by atoms with Crippen LogP contribution in [0.1, 0.15) is 37.0 Å². The van der Waals surface area contributed by atoms with Crippen molar-refractivity contribution in [1.82, 2.24) is 10.2 Å². The van der Waals surface area contributed by atoms with Crippen LogP contribution in [0.5, 0.6) is 11.5 Å². The van der Waals surface area contributed by atoms with E-state index in [0.717, 1.165) is 15.4 Å². The molecule has 0 aliphatic heterocycles. The first-order chi connectivity index (χ1) is 23.4. The fraction of sp³-hybridized carbons (Fsp3) is 0.297. The van der Waals surface area contributed by atoms with E-state index in [2.05, 4.69) is 5.32 Å². The maximum absolute atomic E-state index is 14.8. The number of sulfonamides is 1. The van der Waals surface area contributed by atoms with Gasteiger partial charge < -0.3 is 19.7 Å². The summed E-state index contributed by atoms with van der Waals surface area (Å²) in [4.78, 5) is 30.2. The van der Waals surface area contributed by atoms with Crippen molar-refractivity contribution in [3.8, 4) is 11.5 Å². The fourth-order valence-corrected chi connectivity index (χ4v) is 7.06. The highest BCUT2D eigenvalue weighted by molar-refractivity contribution is 7.92. The fourth-order valence-electron chi connectivity index (χ4n) is 5.17. The molecule has 2 amide bonds. The maximum Gasteiger partial charge on any atom is 0.264 e. The van der Waals surface area contributed by atoms with Gasteiger partial charge in [-0.3, -0.25) is 13.9 Å². The molecule has 0 aliphatic rings. The molecule has 49 heavy (non-hydrogen) atoms. The number of ether oxygens (including phenoxy) is 2. The van der Waals surface area contributed by atoms with Gasteiger partial charge in [0.1, 0.15) is 24.1 Å². The second kappa shape index (κ2) is 16.9. The summed E-state index contributed by atoms with van der Waals surface area (Å²) >= 11 is 12.8. The zero-order valence-corrected chi connectivity index (χ0v) is 30.5. The van der Waals surface area contributed by atoms with Crippen LogP contribution >= 0.6 is 23.2 Å². The van der Waals surface area contributed by atoms with E-state index >= 15 is 0 Å².